The van der Waals surface area contributed by atoms with E-state index in [4.69, 9.17) is 0 Å². The second-order valence-corrected chi connectivity index (χ2v) is 6.01. The number of aliphatic hydroxyl groups is 1. The molecule has 1 aromatic heterocycles. The Kier molecular flexibility index (Phi) is 4.43. The summed E-state index contributed by atoms with van der Waals surface area (Å²) < 4.78 is 0. The molecule has 15 heavy (non-hydrogen) atoms. The molecule has 3 nitrogen and oxygen atoms in total. The Labute approximate surface area is 99.3 Å². The molecule has 5 heteroatoms. The van der Waals surface area contributed by atoms with Gasteiger partial charge in [-0.05, 0) is 27.0 Å². The molecular weight excluding hydrogens is 228 g/mol. The third-order valence-electron chi connectivity index (χ3n) is 2.10. The highest BCUT2D eigenvalue weighted by molar-refractivity contribution is 7.98. The van der Waals surface area contributed by atoms with E-state index in [1.54, 1.807) is 23.1 Å². The van der Waals surface area contributed by atoms with Crippen molar-refractivity contribution in [1.82, 2.24) is 4.98 Å². The average Bonchev–Trinajstić information content (AvgIpc) is 2.44. The summed E-state index contributed by atoms with van der Waals surface area (Å²) in [7, 11) is 0. The van der Waals surface area contributed by atoms with Crippen LogP contribution in [0.4, 0.5) is 5.13 Å². The molecule has 2 N–H and O–H groups in total. The highest BCUT2D eigenvalue weighted by Gasteiger charge is 2.19. The SMILES string of the molecule is CSCC(C)(O)CNc1nc(C)c(C)s1. The summed E-state index contributed by atoms with van der Waals surface area (Å²) in [5, 5.41) is 14.0. The lowest BCUT2D eigenvalue weighted by atomic mass is 10.1. The fourth-order valence-corrected chi connectivity index (χ4v) is 2.71. The van der Waals surface area contributed by atoms with Crippen LogP contribution >= 0.6 is 23.1 Å². The van der Waals surface area contributed by atoms with Crippen molar-refractivity contribution in [2.75, 3.05) is 23.9 Å². The summed E-state index contributed by atoms with van der Waals surface area (Å²) in [4.78, 5) is 5.59. The molecule has 0 fully saturated rings. The van der Waals surface area contributed by atoms with Crippen LogP contribution in [-0.4, -0.2) is 34.2 Å². The zero-order chi connectivity index (χ0) is 11.5. The first-order chi connectivity index (χ1) is 6.94. The molecule has 1 rings (SSSR count). The van der Waals surface area contributed by atoms with Crippen LogP contribution in [0, 0.1) is 13.8 Å². The van der Waals surface area contributed by atoms with Gasteiger partial charge < -0.3 is 10.4 Å². The molecule has 0 radical (unpaired) electrons. The standard InChI is InChI=1S/C10H18N2OS2/c1-7-8(2)15-9(12-7)11-5-10(3,13)6-14-4/h13H,5-6H2,1-4H3,(H,11,12). The number of aromatic nitrogens is 1. The number of aryl methyl sites for hydroxylation is 2. The van der Waals surface area contributed by atoms with Crippen LogP contribution in [0.2, 0.25) is 0 Å². The Balaban J connectivity index is 2.49. The molecule has 1 unspecified atom stereocenters. The average molecular weight is 246 g/mol. The summed E-state index contributed by atoms with van der Waals surface area (Å²) in [6.45, 7) is 6.43. The summed E-state index contributed by atoms with van der Waals surface area (Å²) in [6.07, 6.45) is 1.99. The third kappa shape index (κ3) is 4.01. The van der Waals surface area contributed by atoms with Crippen molar-refractivity contribution in [3.05, 3.63) is 10.6 Å². The van der Waals surface area contributed by atoms with Gasteiger partial charge in [-0.15, -0.1) is 11.3 Å². The van der Waals surface area contributed by atoms with Crippen molar-refractivity contribution in [3.63, 3.8) is 0 Å². The van der Waals surface area contributed by atoms with Crippen LogP contribution in [0.1, 0.15) is 17.5 Å². The minimum atomic E-state index is -0.674. The molecule has 1 atom stereocenters. The number of nitrogens with one attached hydrogen (secondary N) is 1. The molecule has 0 spiro atoms. The second kappa shape index (κ2) is 5.18. The van der Waals surface area contributed by atoms with E-state index < -0.39 is 5.60 Å². The quantitative estimate of drug-likeness (QED) is 0.837. The van der Waals surface area contributed by atoms with Crippen molar-refractivity contribution in [2.24, 2.45) is 0 Å². The minimum Gasteiger partial charge on any atom is -0.387 e. The first-order valence-corrected chi connectivity index (χ1v) is 7.05. The molecule has 0 aromatic carbocycles. The van der Waals surface area contributed by atoms with Gasteiger partial charge in [-0.3, -0.25) is 0 Å². The molecule has 0 aliphatic rings. The second-order valence-electron chi connectivity index (χ2n) is 3.94. The molecule has 86 valence electrons. The maximum absolute atomic E-state index is 9.95. The van der Waals surface area contributed by atoms with Gasteiger partial charge in [0.2, 0.25) is 0 Å². The van der Waals surface area contributed by atoms with Crippen LogP contribution in [0.15, 0.2) is 0 Å². The van der Waals surface area contributed by atoms with Gasteiger partial charge in [0.1, 0.15) is 0 Å². The van der Waals surface area contributed by atoms with Gasteiger partial charge >= 0.3 is 0 Å². The summed E-state index contributed by atoms with van der Waals surface area (Å²) in [5.74, 6) is 0.726. The number of anilines is 1. The van der Waals surface area contributed by atoms with E-state index in [0.29, 0.717) is 6.54 Å². The van der Waals surface area contributed by atoms with Crippen molar-refractivity contribution in [1.29, 1.82) is 0 Å². The minimum absolute atomic E-state index is 0.542. The third-order valence-corrected chi connectivity index (χ3v) is 4.05. The zero-order valence-corrected chi connectivity index (χ0v) is 11.3. The van der Waals surface area contributed by atoms with Crippen LogP contribution in [-0.2, 0) is 0 Å². The van der Waals surface area contributed by atoms with Crippen LogP contribution < -0.4 is 5.32 Å². The molecular formula is C10H18N2OS2. The molecule has 0 saturated carbocycles. The Bertz CT molecular complexity index is 304. The van der Waals surface area contributed by atoms with Crippen molar-refractivity contribution in [3.8, 4) is 0 Å². The van der Waals surface area contributed by atoms with E-state index in [0.717, 1.165) is 16.6 Å². The fourth-order valence-electron chi connectivity index (χ4n) is 1.18. The van der Waals surface area contributed by atoms with Gasteiger partial charge in [0.15, 0.2) is 5.13 Å². The number of nitrogens with zero attached hydrogens (tertiary/aromatic N) is 1. The van der Waals surface area contributed by atoms with E-state index in [1.807, 2.05) is 20.1 Å². The van der Waals surface area contributed by atoms with Gasteiger partial charge in [-0.25, -0.2) is 4.98 Å². The van der Waals surface area contributed by atoms with E-state index in [9.17, 15) is 5.11 Å². The van der Waals surface area contributed by atoms with Crippen LogP contribution in [0.3, 0.4) is 0 Å². The lowest BCUT2D eigenvalue weighted by Crippen LogP contribution is -2.36. The Morgan fingerprint density at radius 2 is 2.20 bits per heavy atom. The van der Waals surface area contributed by atoms with Crippen molar-refractivity contribution in [2.45, 2.75) is 26.4 Å². The van der Waals surface area contributed by atoms with Crippen molar-refractivity contribution < 1.29 is 5.11 Å². The number of hydrogen-bond acceptors (Lipinski definition) is 5. The number of thiazole rings is 1. The molecule has 0 amide bonds. The maximum Gasteiger partial charge on any atom is 0.183 e. The summed E-state index contributed by atoms with van der Waals surface area (Å²) >= 11 is 3.28. The number of rotatable bonds is 5. The van der Waals surface area contributed by atoms with E-state index in [2.05, 4.69) is 17.2 Å². The molecule has 1 aromatic rings. The van der Waals surface area contributed by atoms with Gasteiger partial charge in [-0.1, -0.05) is 0 Å². The Morgan fingerprint density at radius 1 is 1.53 bits per heavy atom. The van der Waals surface area contributed by atoms with Crippen LogP contribution in [0.25, 0.3) is 0 Å². The first-order valence-electron chi connectivity index (χ1n) is 4.84. The van der Waals surface area contributed by atoms with Crippen LogP contribution in [0.5, 0.6) is 0 Å². The molecule has 0 bridgehead atoms. The Morgan fingerprint density at radius 3 is 2.67 bits per heavy atom. The smallest absolute Gasteiger partial charge is 0.183 e. The first kappa shape index (κ1) is 12.8. The van der Waals surface area contributed by atoms with Gasteiger partial charge in [0.05, 0.1) is 11.3 Å². The topological polar surface area (TPSA) is 45.1 Å². The lowest BCUT2D eigenvalue weighted by molar-refractivity contribution is 0.0997. The lowest BCUT2D eigenvalue weighted by Gasteiger charge is -2.22. The largest absolute Gasteiger partial charge is 0.387 e. The number of thioether (sulfide) groups is 1. The fraction of sp³-hybridized carbons (Fsp3) is 0.700. The van der Waals surface area contributed by atoms with Gasteiger partial charge in [0, 0.05) is 17.2 Å². The van der Waals surface area contributed by atoms with Gasteiger partial charge in [-0.2, -0.15) is 11.8 Å². The number of hydrogen-bond donors (Lipinski definition) is 2. The summed E-state index contributed by atoms with van der Waals surface area (Å²) in [5.41, 5.74) is 0.388. The Hall–Kier alpha value is -0.260. The highest BCUT2D eigenvalue weighted by atomic mass is 32.2. The van der Waals surface area contributed by atoms with Crippen molar-refractivity contribution >= 4 is 28.2 Å². The predicted octanol–water partition coefficient (Wildman–Crippen LogP) is 2.29. The van der Waals surface area contributed by atoms with E-state index >= 15 is 0 Å². The van der Waals surface area contributed by atoms with Gasteiger partial charge in [0.25, 0.3) is 0 Å². The zero-order valence-electron chi connectivity index (χ0n) is 9.63. The molecule has 0 aliphatic carbocycles. The molecule has 0 saturated heterocycles. The van der Waals surface area contributed by atoms with E-state index in [1.165, 1.54) is 4.88 Å². The predicted molar refractivity (Wildman–Crippen MR) is 69.1 cm³/mol. The monoisotopic (exact) mass is 246 g/mol. The highest BCUT2D eigenvalue weighted by Crippen LogP contribution is 2.22. The maximum atomic E-state index is 9.95. The summed E-state index contributed by atoms with van der Waals surface area (Å²) in [6, 6.07) is 0. The molecule has 1 heterocycles. The molecule has 0 aliphatic heterocycles. The normalized spacial score (nSPS) is 15.0. The van der Waals surface area contributed by atoms with E-state index in [-0.39, 0.29) is 0 Å².